The lowest BCUT2D eigenvalue weighted by molar-refractivity contribution is 0.361. The van der Waals surface area contributed by atoms with E-state index in [1.54, 1.807) is 12.1 Å². The molecule has 1 fully saturated rings. The molecule has 112 valence electrons. The van der Waals surface area contributed by atoms with Gasteiger partial charge in [-0.05, 0) is 24.3 Å². The van der Waals surface area contributed by atoms with Gasteiger partial charge in [0.05, 0.1) is 4.90 Å². The maximum atomic E-state index is 12.7. The van der Waals surface area contributed by atoms with E-state index in [0.717, 1.165) is 36.5 Å². The third-order valence-electron chi connectivity index (χ3n) is 4.17. The van der Waals surface area contributed by atoms with Crippen LogP contribution in [-0.4, -0.2) is 20.5 Å². The molecule has 0 aromatic heterocycles. The Bertz CT molecular complexity index is 738. The Morgan fingerprint density at radius 2 is 1.71 bits per heavy atom. The lowest BCUT2D eigenvalue weighted by atomic mass is 9.92. The lowest BCUT2D eigenvalue weighted by Gasteiger charge is -2.29. The number of fused-ring (bicyclic) bond motifs is 1. The van der Waals surface area contributed by atoms with Gasteiger partial charge in [-0.15, -0.1) is 0 Å². The molecule has 1 saturated carbocycles. The van der Waals surface area contributed by atoms with Gasteiger partial charge in [0.2, 0.25) is 10.0 Å². The Kier molecular flexibility index (Phi) is 3.97. The van der Waals surface area contributed by atoms with Crippen molar-refractivity contribution in [2.24, 2.45) is 5.73 Å². The van der Waals surface area contributed by atoms with Crippen LogP contribution in [0.1, 0.15) is 25.7 Å². The SMILES string of the molecule is N[C@@H]1CCCC[C@H]1NS(=O)(=O)c1cccc2ccccc12. The number of nitrogens with two attached hydrogens (primary N) is 1. The first-order chi connectivity index (χ1) is 10.1. The Morgan fingerprint density at radius 3 is 2.52 bits per heavy atom. The van der Waals surface area contributed by atoms with Crippen molar-refractivity contribution in [2.75, 3.05) is 0 Å². The molecular formula is C16H20N2O2S. The zero-order valence-corrected chi connectivity index (χ0v) is 12.6. The van der Waals surface area contributed by atoms with E-state index in [1.165, 1.54) is 0 Å². The van der Waals surface area contributed by atoms with E-state index < -0.39 is 10.0 Å². The van der Waals surface area contributed by atoms with Crippen molar-refractivity contribution in [2.45, 2.75) is 42.7 Å². The highest BCUT2D eigenvalue weighted by Crippen LogP contribution is 2.24. The van der Waals surface area contributed by atoms with Crippen molar-refractivity contribution in [1.29, 1.82) is 0 Å². The highest BCUT2D eigenvalue weighted by atomic mass is 32.2. The normalized spacial score (nSPS) is 23.3. The largest absolute Gasteiger partial charge is 0.326 e. The summed E-state index contributed by atoms with van der Waals surface area (Å²) >= 11 is 0. The first kappa shape index (κ1) is 14.5. The third-order valence-corrected chi connectivity index (χ3v) is 5.71. The van der Waals surface area contributed by atoms with E-state index in [1.807, 2.05) is 30.3 Å². The minimum absolute atomic E-state index is 0.0940. The maximum absolute atomic E-state index is 12.7. The summed E-state index contributed by atoms with van der Waals surface area (Å²) < 4.78 is 28.2. The highest BCUT2D eigenvalue weighted by molar-refractivity contribution is 7.89. The molecule has 21 heavy (non-hydrogen) atoms. The summed E-state index contributed by atoms with van der Waals surface area (Å²) in [4.78, 5) is 0.332. The number of benzene rings is 2. The van der Waals surface area contributed by atoms with Crippen molar-refractivity contribution in [3.05, 3.63) is 42.5 Å². The van der Waals surface area contributed by atoms with Crippen LogP contribution in [0.2, 0.25) is 0 Å². The van der Waals surface area contributed by atoms with Crippen LogP contribution in [0, 0.1) is 0 Å². The second kappa shape index (κ2) is 5.75. The van der Waals surface area contributed by atoms with E-state index >= 15 is 0 Å². The van der Waals surface area contributed by atoms with Gasteiger partial charge in [0.1, 0.15) is 0 Å². The van der Waals surface area contributed by atoms with Gasteiger partial charge in [0, 0.05) is 17.5 Å². The first-order valence-electron chi connectivity index (χ1n) is 7.33. The van der Waals surface area contributed by atoms with Gasteiger partial charge in [-0.25, -0.2) is 13.1 Å². The monoisotopic (exact) mass is 304 g/mol. The Morgan fingerprint density at radius 1 is 1.00 bits per heavy atom. The van der Waals surface area contributed by atoms with Crippen LogP contribution < -0.4 is 10.5 Å². The lowest BCUT2D eigenvalue weighted by Crippen LogP contribution is -2.49. The van der Waals surface area contributed by atoms with Crippen LogP contribution in [0.5, 0.6) is 0 Å². The molecule has 2 atom stereocenters. The van der Waals surface area contributed by atoms with Gasteiger partial charge in [-0.1, -0.05) is 49.2 Å². The second-order valence-corrected chi connectivity index (χ2v) is 7.34. The van der Waals surface area contributed by atoms with Crippen molar-refractivity contribution in [1.82, 2.24) is 4.72 Å². The molecule has 2 aromatic carbocycles. The van der Waals surface area contributed by atoms with Crippen molar-refractivity contribution in [3.8, 4) is 0 Å². The standard InChI is InChI=1S/C16H20N2O2S/c17-14-9-3-4-10-15(14)18-21(19,20)16-11-5-7-12-6-1-2-8-13(12)16/h1-2,5-8,11,14-15,18H,3-4,9-10,17H2/t14-,15-/m1/s1. The topological polar surface area (TPSA) is 72.2 Å². The quantitative estimate of drug-likeness (QED) is 0.914. The number of hydrogen-bond donors (Lipinski definition) is 2. The smallest absolute Gasteiger partial charge is 0.241 e. The molecule has 0 aliphatic heterocycles. The van der Waals surface area contributed by atoms with Crippen LogP contribution in [0.4, 0.5) is 0 Å². The fourth-order valence-electron chi connectivity index (χ4n) is 3.00. The fourth-order valence-corrected chi connectivity index (χ4v) is 4.55. The van der Waals surface area contributed by atoms with Crippen LogP contribution in [-0.2, 0) is 10.0 Å². The van der Waals surface area contributed by atoms with Crippen LogP contribution >= 0.6 is 0 Å². The van der Waals surface area contributed by atoms with E-state index in [2.05, 4.69) is 4.72 Å². The second-order valence-electron chi connectivity index (χ2n) is 5.65. The summed E-state index contributed by atoms with van der Waals surface area (Å²) in [5, 5.41) is 1.67. The van der Waals surface area contributed by atoms with Crippen LogP contribution in [0.3, 0.4) is 0 Å². The Balaban J connectivity index is 1.97. The van der Waals surface area contributed by atoms with Gasteiger partial charge < -0.3 is 5.73 Å². The minimum atomic E-state index is -3.55. The molecule has 5 heteroatoms. The third kappa shape index (κ3) is 2.95. The van der Waals surface area contributed by atoms with Gasteiger partial charge in [-0.3, -0.25) is 0 Å². The van der Waals surface area contributed by atoms with E-state index in [-0.39, 0.29) is 12.1 Å². The molecule has 0 radical (unpaired) electrons. The average molecular weight is 304 g/mol. The van der Waals surface area contributed by atoms with Gasteiger partial charge >= 0.3 is 0 Å². The summed E-state index contributed by atoms with van der Waals surface area (Å²) in [6.45, 7) is 0. The summed E-state index contributed by atoms with van der Waals surface area (Å²) in [6, 6.07) is 12.6. The molecule has 3 N–H and O–H groups in total. The number of hydrogen-bond acceptors (Lipinski definition) is 3. The van der Waals surface area contributed by atoms with Crippen molar-refractivity contribution >= 4 is 20.8 Å². The average Bonchev–Trinajstić information content (AvgIpc) is 2.49. The predicted molar refractivity (Wildman–Crippen MR) is 84.5 cm³/mol. The predicted octanol–water partition coefficient (Wildman–Crippen LogP) is 2.39. The van der Waals surface area contributed by atoms with Gasteiger partial charge in [0.25, 0.3) is 0 Å². The molecule has 1 aliphatic carbocycles. The number of rotatable bonds is 3. The molecule has 0 spiro atoms. The van der Waals surface area contributed by atoms with E-state index in [4.69, 9.17) is 5.73 Å². The van der Waals surface area contributed by atoms with Crippen LogP contribution in [0.25, 0.3) is 10.8 Å². The molecule has 0 amide bonds. The molecule has 0 saturated heterocycles. The zero-order chi connectivity index (χ0) is 14.9. The Hall–Kier alpha value is -1.43. The minimum Gasteiger partial charge on any atom is -0.326 e. The van der Waals surface area contributed by atoms with Crippen molar-refractivity contribution < 1.29 is 8.42 Å². The first-order valence-corrected chi connectivity index (χ1v) is 8.82. The molecule has 1 aliphatic rings. The summed E-state index contributed by atoms with van der Waals surface area (Å²) in [5.41, 5.74) is 6.05. The molecule has 2 aromatic rings. The molecular weight excluding hydrogens is 284 g/mol. The van der Waals surface area contributed by atoms with Crippen LogP contribution in [0.15, 0.2) is 47.4 Å². The summed E-state index contributed by atoms with van der Waals surface area (Å²) in [6.07, 6.45) is 3.79. The van der Waals surface area contributed by atoms with Gasteiger partial charge in [-0.2, -0.15) is 0 Å². The zero-order valence-electron chi connectivity index (χ0n) is 11.8. The molecule has 3 rings (SSSR count). The number of nitrogens with one attached hydrogen (secondary N) is 1. The van der Waals surface area contributed by atoms with E-state index in [0.29, 0.717) is 4.90 Å². The summed E-state index contributed by atoms with van der Waals surface area (Å²) in [7, 11) is -3.55. The number of sulfonamides is 1. The Labute approximate surface area is 125 Å². The molecule has 0 unspecified atom stereocenters. The van der Waals surface area contributed by atoms with Crippen molar-refractivity contribution in [3.63, 3.8) is 0 Å². The molecule has 0 heterocycles. The highest BCUT2D eigenvalue weighted by Gasteiger charge is 2.27. The van der Waals surface area contributed by atoms with Gasteiger partial charge in [0.15, 0.2) is 0 Å². The molecule has 4 nitrogen and oxygen atoms in total. The van der Waals surface area contributed by atoms with E-state index in [9.17, 15) is 8.42 Å². The summed E-state index contributed by atoms with van der Waals surface area (Å²) in [5.74, 6) is 0. The maximum Gasteiger partial charge on any atom is 0.241 e. The fraction of sp³-hybridized carbons (Fsp3) is 0.375. The molecule has 0 bridgehead atoms.